The zero-order chi connectivity index (χ0) is 15.0. The van der Waals surface area contributed by atoms with Gasteiger partial charge in [0.25, 0.3) is 0 Å². The van der Waals surface area contributed by atoms with Crippen molar-refractivity contribution in [1.29, 1.82) is 0 Å². The molecule has 0 aliphatic carbocycles. The lowest BCUT2D eigenvalue weighted by atomic mass is 10.2. The molecule has 0 bridgehead atoms. The van der Waals surface area contributed by atoms with E-state index in [1.165, 1.54) is 6.07 Å². The van der Waals surface area contributed by atoms with E-state index in [0.29, 0.717) is 33.3 Å². The zero-order valence-corrected chi connectivity index (χ0v) is 13.9. The fraction of sp³-hybridized carbons (Fsp3) is 0.133. The first-order chi connectivity index (χ1) is 10.1. The van der Waals surface area contributed by atoms with E-state index in [1.54, 1.807) is 28.8 Å². The number of halogens is 4. The van der Waals surface area contributed by atoms with Crippen molar-refractivity contribution in [3.8, 4) is 5.69 Å². The molecule has 1 heterocycles. The highest BCUT2D eigenvalue weighted by Crippen LogP contribution is 2.30. The summed E-state index contributed by atoms with van der Waals surface area (Å²) in [6, 6.07) is 10.2. The molecule has 0 aliphatic heterocycles. The molecule has 2 nitrogen and oxygen atoms in total. The molecule has 0 atom stereocenters. The number of hydrogen-bond donors (Lipinski definition) is 0. The van der Waals surface area contributed by atoms with Crippen molar-refractivity contribution in [3.63, 3.8) is 0 Å². The van der Waals surface area contributed by atoms with Crippen molar-refractivity contribution < 1.29 is 4.39 Å². The van der Waals surface area contributed by atoms with Gasteiger partial charge >= 0.3 is 0 Å². The molecule has 2 aromatic carbocycles. The fourth-order valence-electron chi connectivity index (χ4n) is 2.30. The minimum absolute atomic E-state index is 0.334. The molecule has 21 heavy (non-hydrogen) atoms. The van der Waals surface area contributed by atoms with Gasteiger partial charge in [0, 0.05) is 21.8 Å². The maximum absolute atomic E-state index is 14.3. The van der Waals surface area contributed by atoms with E-state index in [1.807, 2.05) is 6.07 Å². The SMILES string of the molecule is Fc1cccc(Br)c1-n1c(CCCl)nc2ccc(Cl)cc21. The van der Waals surface area contributed by atoms with Crippen LogP contribution in [0.25, 0.3) is 16.7 Å². The molecule has 6 heteroatoms. The Morgan fingerprint density at radius 2 is 2.05 bits per heavy atom. The second kappa shape index (κ2) is 5.95. The fourth-order valence-corrected chi connectivity index (χ4v) is 3.16. The third-order valence-corrected chi connectivity index (χ3v) is 4.23. The van der Waals surface area contributed by atoms with E-state index in [2.05, 4.69) is 20.9 Å². The minimum Gasteiger partial charge on any atom is -0.292 e. The van der Waals surface area contributed by atoms with Gasteiger partial charge in [-0.2, -0.15) is 0 Å². The highest BCUT2D eigenvalue weighted by atomic mass is 79.9. The highest BCUT2D eigenvalue weighted by Gasteiger charge is 2.17. The van der Waals surface area contributed by atoms with Gasteiger partial charge in [-0.1, -0.05) is 17.7 Å². The van der Waals surface area contributed by atoms with Crippen LogP contribution in [0.1, 0.15) is 5.82 Å². The number of alkyl halides is 1. The lowest BCUT2D eigenvalue weighted by Gasteiger charge is -2.12. The lowest BCUT2D eigenvalue weighted by molar-refractivity contribution is 0.616. The van der Waals surface area contributed by atoms with Crippen LogP contribution in [0.5, 0.6) is 0 Å². The Kier molecular flexibility index (Phi) is 4.20. The van der Waals surface area contributed by atoms with Crippen LogP contribution in [0.3, 0.4) is 0 Å². The maximum Gasteiger partial charge on any atom is 0.148 e. The average molecular weight is 388 g/mol. The number of hydrogen-bond acceptors (Lipinski definition) is 1. The first-order valence-corrected chi connectivity index (χ1v) is 7.99. The molecule has 0 fully saturated rings. The molecule has 0 spiro atoms. The largest absolute Gasteiger partial charge is 0.292 e. The van der Waals surface area contributed by atoms with Crippen LogP contribution in [0.2, 0.25) is 5.02 Å². The molecule has 3 aromatic rings. The van der Waals surface area contributed by atoms with E-state index < -0.39 is 0 Å². The predicted octanol–water partition coefficient (Wildman–Crippen LogP) is 5.36. The summed E-state index contributed by atoms with van der Waals surface area (Å²) in [4.78, 5) is 4.53. The monoisotopic (exact) mass is 386 g/mol. The summed E-state index contributed by atoms with van der Waals surface area (Å²) in [6.45, 7) is 0. The molecule has 0 unspecified atom stereocenters. The molecule has 0 saturated heterocycles. The van der Waals surface area contributed by atoms with E-state index in [-0.39, 0.29) is 5.82 Å². The van der Waals surface area contributed by atoms with Crippen molar-refractivity contribution in [2.24, 2.45) is 0 Å². The lowest BCUT2D eigenvalue weighted by Crippen LogP contribution is -2.05. The Balaban J connectivity index is 2.38. The number of aromatic nitrogens is 2. The van der Waals surface area contributed by atoms with Crippen LogP contribution in [0.15, 0.2) is 40.9 Å². The van der Waals surface area contributed by atoms with E-state index in [0.717, 1.165) is 11.0 Å². The third kappa shape index (κ3) is 2.68. The summed E-state index contributed by atoms with van der Waals surface area (Å²) in [6.07, 6.45) is 0.536. The number of aryl methyl sites for hydroxylation is 1. The van der Waals surface area contributed by atoms with E-state index in [9.17, 15) is 4.39 Å². The smallest absolute Gasteiger partial charge is 0.148 e. The van der Waals surface area contributed by atoms with E-state index in [4.69, 9.17) is 23.2 Å². The average Bonchev–Trinajstić information content (AvgIpc) is 2.77. The van der Waals surface area contributed by atoms with Gasteiger partial charge in [-0.3, -0.25) is 4.57 Å². The van der Waals surface area contributed by atoms with Crippen molar-refractivity contribution in [2.75, 3.05) is 5.88 Å². The quantitative estimate of drug-likeness (QED) is 0.553. The Bertz CT molecular complexity index is 797. The Hall–Kier alpha value is -1.10. The maximum atomic E-state index is 14.3. The van der Waals surface area contributed by atoms with Crippen LogP contribution < -0.4 is 0 Å². The number of nitrogens with zero attached hydrogens (tertiary/aromatic N) is 2. The topological polar surface area (TPSA) is 17.8 Å². The van der Waals surface area contributed by atoms with Crippen LogP contribution in [0.4, 0.5) is 4.39 Å². The van der Waals surface area contributed by atoms with Crippen LogP contribution in [-0.2, 0) is 6.42 Å². The van der Waals surface area contributed by atoms with Crippen LogP contribution in [-0.4, -0.2) is 15.4 Å². The third-order valence-electron chi connectivity index (χ3n) is 3.17. The van der Waals surface area contributed by atoms with Crippen molar-refractivity contribution in [3.05, 3.63) is 57.5 Å². The number of rotatable bonds is 3. The molecule has 1 aromatic heterocycles. The van der Waals surface area contributed by atoms with Crippen LogP contribution in [0, 0.1) is 5.82 Å². The van der Waals surface area contributed by atoms with Crippen molar-refractivity contribution >= 4 is 50.2 Å². The summed E-state index contributed by atoms with van der Waals surface area (Å²) in [5.74, 6) is 0.774. The summed E-state index contributed by atoms with van der Waals surface area (Å²) in [7, 11) is 0. The number of benzene rings is 2. The number of imidazole rings is 1. The van der Waals surface area contributed by atoms with Gasteiger partial charge in [-0.15, -0.1) is 11.6 Å². The van der Waals surface area contributed by atoms with Gasteiger partial charge in [0.05, 0.1) is 16.7 Å². The predicted molar refractivity (Wildman–Crippen MR) is 88.2 cm³/mol. The molecule has 0 aliphatic rings. The second-order valence-corrected chi connectivity index (χ2v) is 6.17. The van der Waals surface area contributed by atoms with Gasteiger partial charge in [0.1, 0.15) is 11.6 Å². The summed E-state index contributed by atoms with van der Waals surface area (Å²) < 4.78 is 16.7. The second-order valence-electron chi connectivity index (χ2n) is 4.51. The van der Waals surface area contributed by atoms with Gasteiger partial charge in [0.2, 0.25) is 0 Å². The summed E-state index contributed by atoms with van der Waals surface area (Å²) in [5, 5.41) is 0.577. The van der Waals surface area contributed by atoms with E-state index >= 15 is 0 Å². The first-order valence-electron chi connectivity index (χ1n) is 6.29. The van der Waals surface area contributed by atoms with Gasteiger partial charge in [-0.25, -0.2) is 9.37 Å². The Morgan fingerprint density at radius 1 is 1.24 bits per heavy atom. The first kappa shape index (κ1) is 14.8. The minimum atomic E-state index is -0.334. The molecule has 0 radical (unpaired) electrons. The normalized spacial score (nSPS) is 11.2. The standard InChI is InChI=1S/C15H10BrCl2FN2/c16-10-2-1-3-11(19)15(10)21-13-8-9(18)4-5-12(13)20-14(21)6-7-17/h1-5,8H,6-7H2. The van der Waals surface area contributed by atoms with Gasteiger partial charge in [-0.05, 0) is 46.3 Å². The molecular weight excluding hydrogens is 378 g/mol. The summed E-state index contributed by atoms with van der Waals surface area (Å²) >= 11 is 15.3. The molecule has 0 amide bonds. The highest BCUT2D eigenvalue weighted by molar-refractivity contribution is 9.10. The Labute approximate surface area is 139 Å². The van der Waals surface area contributed by atoms with Crippen molar-refractivity contribution in [1.82, 2.24) is 9.55 Å². The number of para-hydroxylation sites is 1. The molecular formula is C15H10BrCl2FN2. The molecule has 3 rings (SSSR count). The zero-order valence-electron chi connectivity index (χ0n) is 10.8. The van der Waals surface area contributed by atoms with Gasteiger partial charge in [0.15, 0.2) is 0 Å². The van der Waals surface area contributed by atoms with Crippen molar-refractivity contribution in [2.45, 2.75) is 6.42 Å². The molecule has 108 valence electrons. The van der Waals surface area contributed by atoms with Gasteiger partial charge < -0.3 is 0 Å². The molecule has 0 N–H and O–H groups in total. The van der Waals surface area contributed by atoms with Crippen LogP contribution >= 0.6 is 39.1 Å². The number of fused-ring (bicyclic) bond motifs is 1. The Morgan fingerprint density at radius 3 is 2.76 bits per heavy atom. The molecule has 0 saturated carbocycles. The summed E-state index contributed by atoms with van der Waals surface area (Å²) in [5.41, 5.74) is 1.94.